The van der Waals surface area contributed by atoms with Gasteiger partial charge in [0.25, 0.3) is 0 Å². The summed E-state index contributed by atoms with van der Waals surface area (Å²) in [5.74, 6) is 1.28. The summed E-state index contributed by atoms with van der Waals surface area (Å²) in [6, 6.07) is 117. The van der Waals surface area contributed by atoms with Crippen molar-refractivity contribution < 1.29 is 0 Å². The maximum absolute atomic E-state index is 5.97. The van der Waals surface area contributed by atoms with Gasteiger partial charge in [-0.2, -0.15) is 4.98 Å². The van der Waals surface area contributed by atoms with Gasteiger partial charge in [-0.05, 0) is 158 Å². The molecule has 414 valence electrons. The van der Waals surface area contributed by atoms with Crippen LogP contribution in [0.5, 0.6) is 0 Å². The molecule has 0 aliphatic heterocycles. The lowest BCUT2D eigenvalue weighted by molar-refractivity contribution is 1.04. The lowest BCUT2D eigenvalue weighted by Crippen LogP contribution is -2.16. The Morgan fingerprint density at radius 2 is 0.534 bits per heavy atom. The Labute approximate surface area is 508 Å². The minimum absolute atomic E-state index is 0.532. The molecule has 0 atom stereocenters. The van der Waals surface area contributed by atoms with Crippen LogP contribution >= 0.6 is 0 Å². The van der Waals surface area contributed by atoms with Crippen molar-refractivity contribution in [1.82, 2.24) is 23.7 Å². The van der Waals surface area contributed by atoms with E-state index in [1.807, 2.05) is 0 Å². The minimum atomic E-state index is 0.532. The number of aromatic nitrogens is 5. The van der Waals surface area contributed by atoms with Gasteiger partial charge in [-0.1, -0.05) is 170 Å². The Kier molecular flexibility index (Phi) is 12.0. The zero-order chi connectivity index (χ0) is 58.1. The summed E-state index contributed by atoms with van der Waals surface area (Å²) in [6.45, 7) is 0. The van der Waals surface area contributed by atoms with Crippen LogP contribution in [0, 0.1) is 0 Å². The van der Waals surface area contributed by atoms with E-state index in [-0.39, 0.29) is 0 Å². The summed E-state index contributed by atoms with van der Waals surface area (Å²) < 4.78 is 7.10. The van der Waals surface area contributed by atoms with Crippen molar-refractivity contribution in [2.24, 2.45) is 0 Å². The van der Waals surface area contributed by atoms with E-state index >= 15 is 0 Å². The van der Waals surface area contributed by atoms with E-state index in [9.17, 15) is 0 Å². The van der Waals surface area contributed by atoms with E-state index < -0.39 is 0 Å². The molecule has 4 aromatic heterocycles. The van der Waals surface area contributed by atoms with Gasteiger partial charge in [0, 0.05) is 94.6 Å². The van der Waals surface area contributed by atoms with Gasteiger partial charge in [0.05, 0.1) is 38.6 Å². The van der Waals surface area contributed by atoms with Gasteiger partial charge in [0.15, 0.2) is 5.82 Å². The highest BCUT2D eigenvalue weighted by molar-refractivity contribution is 6.14. The molecule has 0 saturated carbocycles. The van der Waals surface area contributed by atoms with Crippen molar-refractivity contribution in [3.8, 4) is 17.2 Å². The summed E-state index contributed by atoms with van der Waals surface area (Å²) >= 11 is 0. The van der Waals surface area contributed by atoms with Crippen LogP contribution in [0.3, 0.4) is 0 Å². The van der Waals surface area contributed by atoms with Crippen molar-refractivity contribution in [1.29, 1.82) is 0 Å². The molecule has 0 radical (unpaired) electrons. The highest BCUT2D eigenvalue weighted by Gasteiger charge is 2.26. The zero-order valence-electron chi connectivity index (χ0n) is 47.8. The number of nitrogens with zero attached hydrogens (tertiary/aromatic N) is 8. The fraction of sp³-hybridized carbons (Fsp3) is 0. The molecular weight excluding hydrogens is 1070 g/mol. The summed E-state index contributed by atoms with van der Waals surface area (Å²) in [5.41, 5.74) is 17.6. The quantitative estimate of drug-likeness (QED) is 0.122. The van der Waals surface area contributed by atoms with Crippen molar-refractivity contribution in [2.75, 3.05) is 14.7 Å². The van der Waals surface area contributed by atoms with Crippen LogP contribution < -0.4 is 14.7 Å². The smallest absolute Gasteiger partial charge is 0.237 e. The fourth-order valence-electron chi connectivity index (χ4n) is 13.3. The van der Waals surface area contributed by atoms with Crippen molar-refractivity contribution in [3.63, 3.8) is 0 Å². The summed E-state index contributed by atoms with van der Waals surface area (Å²) in [5, 5.41) is 7.75. The first-order valence-corrected chi connectivity index (χ1v) is 29.8. The highest BCUT2D eigenvalue weighted by atomic mass is 15.3. The Hall–Kier alpha value is -12.0. The van der Waals surface area contributed by atoms with E-state index in [0.717, 1.165) is 134 Å². The molecule has 8 heteroatoms. The molecule has 13 aromatic carbocycles. The molecule has 88 heavy (non-hydrogen) atoms. The predicted octanol–water partition coefficient (Wildman–Crippen LogP) is 21.3. The van der Waals surface area contributed by atoms with Gasteiger partial charge in [0.1, 0.15) is 0 Å². The average molecular weight is 1130 g/mol. The molecule has 0 spiro atoms. The topological polar surface area (TPSA) is 50.3 Å². The first kappa shape index (κ1) is 50.5. The Balaban J connectivity index is 0.933. The standard InChI is InChI=1S/C80H54N8/c1-7-25-55(26-8-1)83(56-27-9-2-10-28-56)64-43-47-68-65-37-19-24-42-75(65)88(78(68)54-64)79-71-53-61(84(57-29-11-3-12-30-57)62-45-49-76-69(51-62)66-38-20-22-40-73(66)86(76)59-33-15-5-16-34-59)44-48-72(71)81-80(82-79)85(58-31-13-4-14-32-58)63-46-50-77-70(52-63)67-39-21-23-41-74(67)87(77)60-35-17-6-18-36-60/h1-54H. The monoisotopic (exact) mass is 1130 g/mol. The van der Waals surface area contributed by atoms with Gasteiger partial charge >= 0.3 is 0 Å². The Morgan fingerprint density at radius 1 is 0.205 bits per heavy atom. The van der Waals surface area contributed by atoms with Crippen LogP contribution in [0.4, 0.5) is 51.4 Å². The minimum Gasteiger partial charge on any atom is -0.310 e. The van der Waals surface area contributed by atoms with Crippen LogP contribution in [0.2, 0.25) is 0 Å². The van der Waals surface area contributed by atoms with Crippen LogP contribution in [0.25, 0.3) is 93.5 Å². The van der Waals surface area contributed by atoms with Crippen molar-refractivity contribution in [2.45, 2.75) is 0 Å². The molecule has 0 bridgehead atoms. The predicted molar refractivity (Wildman–Crippen MR) is 367 cm³/mol. The number of para-hydroxylation sites is 9. The second-order valence-corrected chi connectivity index (χ2v) is 22.2. The average Bonchev–Trinajstić information content (AvgIpc) is 3.52. The first-order valence-electron chi connectivity index (χ1n) is 29.8. The Bertz CT molecular complexity index is 5410. The third kappa shape index (κ3) is 8.37. The Morgan fingerprint density at radius 3 is 1.02 bits per heavy atom. The number of hydrogen-bond donors (Lipinski definition) is 0. The summed E-state index contributed by atoms with van der Waals surface area (Å²) in [4.78, 5) is 18.6. The molecule has 0 amide bonds. The van der Waals surface area contributed by atoms with Gasteiger partial charge in [-0.25, -0.2) is 4.98 Å². The highest BCUT2D eigenvalue weighted by Crippen LogP contribution is 2.46. The first-order chi connectivity index (χ1) is 43.7. The van der Waals surface area contributed by atoms with E-state index in [2.05, 4.69) is 356 Å². The largest absolute Gasteiger partial charge is 0.310 e. The van der Waals surface area contributed by atoms with E-state index in [1.165, 1.54) is 5.39 Å². The third-order valence-corrected chi connectivity index (χ3v) is 17.1. The van der Waals surface area contributed by atoms with Gasteiger partial charge < -0.3 is 18.9 Å². The molecule has 8 nitrogen and oxygen atoms in total. The van der Waals surface area contributed by atoms with Crippen molar-refractivity contribution >= 4 is 128 Å². The van der Waals surface area contributed by atoms with Crippen LogP contribution in [-0.4, -0.2) is 23.7 Å². The van der Waals surface area contributed by atoms with Crippen molar-refractivity contribution in [3.05, 3.63) is 328 Å². The molecule has 4 heterocycles. The molecule has 0 aliphatic carbocycles. The maximum Gasteiger partial charge on any atom is 0.237 e. The summed E-state index contributed by atoms with van der Waals surface area (Å²) in [7, 11) is 0. The number of fused-ring (bicyclic) bond motifs is 10. The van der Waals surface area contributed by atoms with Crippen LogP contribution in [-0.2, 0) is 0 Å². The third-order valence-electron chi connectivity index (χ3n) is 17.1. The molecule has 0 saturated heterocycles. The number of benzene rings is 13. The molecular formula is C80H54N8. The van der Waals surface area contributed by atoms with E-state index in [1.54, 1.807) is 0 Å². The van der Waals surface area contributed by atoms with Crippen LogP contribution in [0.1, 0.15) is 0 Å². The van der Waals surface area contributed by atoms with Gasteiger partial charge in [-0.3, -0.25) is 9.47 Å². The second-order valence-electron chi connectivity index (χ2n) is 22.2. The lowest BCUT2D eigenvalue weighted by Gasteiger charge is -2.27. The van der Waals surface area contributed by atoms with Gasteiger partial charge in [0.2, 0.25) is 5.95 Å². The molecule has 17 rings (SSSR count). The number of rotatable bonds is 12. The zero-order valence-corrected chi connectivity index (χ0v) is 47.8. The fourth-order valence-corrected chi connectivity index (χ4v) is 13.3. The normalized spacial score (nSPS) is 11.6. The maximum atomic E-state index is 5.97. The second kappa shape index (κ2) is 21.0. The number of hydrogen-bond acceptors (Lipinski definition) is 5. The number of anilines is 9. The molecule has 17 aromatic rings. The molecule has 0 aliphatic rings. The van der Waals surface area contributed by atoms with E-state index in [0.29, 0.717) is 5.95 Å². The molecule has 0 fully saturated rings. The lowest BCUT2D eigenvalue weighted by atomic mass is 10.1. The van der Waals surface area contributed by atoms with Gasteiger partial charge in [-0.15, -0.1) is 0 Å². The summed E-state index contributed by atoms with van der Waals surface area (Å²) in [6.07, 6.45) is 0. The molecule has 0 unspecified atom stereocenters. The molecule has 0 N–H and O–H groups in total. The van der Waals surface area contributed by atoms with E-state index in [4.69, 9.17) is 9.97 Å². The SMILES string of the molecule is c1ccc(N(c2ccc3nc(N(c4ccccc4)c4ccc5c(c4)c4ccccc4n5-c4ccccc4)nc(-n4c5ccccc5c5ccc(N(c6ccccc6)c6ccccc6)cc54)c3c2)c2ccc3c(c2)c2ccccc2n3-c2ccccc2)cc1. The van der Waals surface area contributed by atoms with Crippen LogP contribution in [0.15, 0.2) is 328 Å².